The molecular formula is C15H21N3O3S2. The van der Waals surface area contributed by atoms with Crippen LogP contribution in [0.15, 0.2) is 6.07 Å². The molecule has 2 aromatic rings. The Balaban J connectivity index is 1.81. The molecule has 8 heteroatoms. The number of amides is 1. The summed E-state index contributed by atoms with van der Waals surface area (Å²) in [5, 5.41) is 8.37. The van der Waals surface area contributed by atoms with Gasteiger partial charge in [-0.15, -0.1) is 11.3 Å². The lowest BCUT2D eigenvalue weighted by molar-refractivity contribution is 0.0945. The first-order valence-corrected chi connectivity index (χ1v) is 10.4. The van der Waals surface area contributed by atoms with E-state index in [4.69, 9.17) is 0 Å². The lowest BCUT2D eigenvalue weighted by Gasteiger charge is -2.09. The van der Waals surface area contributed by atoms with Gasteiger partial charge in [-0.1, -0.05) is 13.8 Å². The molecule has 0 saturated carbocycles. The van der Waals surface area contributed by atoms with Crippen molar-refractivity contribution in [1.29, 1.82) is 0 Å². The lowest BCUT2D eigenvalue weighted by Crippen LogP contribution is -2.35. The summed E-state index contributed by atoms with van der Waals surface area (Å²) in [6, 6.07) is 1.59. The number of aromatic nitrogens is 2. The number of carbonyl (C=O) groups excluding carboxylic acids is 1. The average Bonchev–Trinajstić information content (AvgIpc) is 3.07. The molecule has 126 valence electrons. The number of hydrogen-bond donors (Lipinski definition) is 1. The van der Waals surface area contributed by atoms with E-state index < -0.39 is 9.84 Å². The molecule has 1 aliphatic rings. The number of hydrogen-bond acceptors (Lipinski definition) is 5. The highest BCUT2D eigenvalue weighted by Crippen LogP contribution is 2.29. The number of rotatable bonds is 4. The van der Waals surface area contributed by atoms with Crippen LogP contribution in [0.25, 0.3) is 10.2 Å². The molecule has 1 amide bonds. The third kappa shape index (κ3) is 3.42. The summed E-state index contributed by atoms with van der Waals surface area (Å²) in [4.78, 5) is 14.0. The lowest BCUT2D eigenvalue weighted by atomic mass is 10.2. The number of aryl methyl sites for hydroxylation is 1. The first-order chi connectivity index (χ1) is 10.7. The van der Waals surface area contributed by atoms with Gasteiger partial charge in [-0.3, -0.25) is 9.48 Å². The maximum Gasteiger partial charge on any atom is 0.261 e. The Labute approximate surface area is 139 Å². The minimum Gasteiger partial charge on any atom is -0.348 e. The van der Waals surface area contributed by atoms with Gasteiger partial charge in [0.05, 0.1) is 22.1 Å². The maximum absolute atomic E-state index is 12.4. The van der Waals surface area contributed by atoms with Crippen LogP contribution in [0.5, 0.6) is 0 Å². The van der Waals surface area contributed by atoms with Crippen LogP contribution in [0, 0.1) is 12.8 Å². The van der Waals surface area contributed by atoms with E-state index in [0.29, 0.717) is 17.2 Å². The Morgan fingerprint density at radius 3 is 2.87 bits per heavy atom. The van der Waals surface area contributed by atoms with Crippen molar-refractivity contribution in [2.24, 2.45) is 5.92 Å². The first-order valence-electron chi connectivity index (χ1n) is 7.73. The highest BCUT2D eigenvalue weighted by molar-refractivity contribution is 7.91. The van der Waals surface area contributed by atoms with Gasteiger partial charge in [0.1, 0.15) is 4.83 Å². The zero-order valence-electron chi connectivity index (χ0n) is 13.5. The minimum absolute atomic E-state index is 0.0454. The van der Waals surface area contributed by atoms with Crippen molar-refractivity contribution < 1.29 is 13.2 Å². The van der Waals surface area contributed by atoms with E-state index in [1.165, 1.54) is 11.3 Å². The quantitative estimate of drug-likeness (QED) is 0.909. The number of thiophene rings is 1. The van der Waals surface area contributed by atoms with Gasteiger partial charge >= 0.3 is 0 Å². The van der Waals surface area contributed by atoms with Gasteiger partial charge in [-0.2, -0.15) is 5.10 Å². The van der Waals surface area contributed by atoms with Crippen LogP contribution in [-0.2, 0) is 16.4 Å². The van der Waals surface area contributed by atoms with Crippen molar-refractivity contribution in [3.8, 4) is 0 Å². The van der Waals surface area contributed by atoms with Crippen molar-refractivity contribution >= 4 is 37.3 Å². The fraction of sp³-hybridized carbons (Fsp3) is 0.600. The molecule has 0 unspecified atom stereocenters. The third-order valence-electron chi connectivity index (χ3n) is 3.94. The van der Waals surface area contributed by atoms with E-state index in [0.717, 1.165) is 22.5 Å². The van der Waals surface area contributed by atoms with Crippen molar-refractivity contribution in [3.05, 3.63) is 16.6 Å². The molecule has 1 saturated heterocycles. The molecule has 23 heavy (non-hydrogen) atoms. The summed E-state index contributed by atoms with van der Waals surface area (Å²) in [7, 11) is -2.99. The second kappa shape index (κ2) is 5.90. The van der Waals surface area contributed by atoms with Gasteiger partial charge in [0.15, 0.2) is 9.84 Å². The van der Waals surface area contributed by atoms with Crippen LogP contribution >= 0.6 is 11.3 Å². The molecular weight excluding hydrogens is 334 g/mol. The largest absolute Gasteiger partial charge is 0.348 e. The highest BCUT2D eigenvalue weighted by atomic mass is 32.2. The molecule has 0 spiro atoms. The number of nitrogens with zero attached hydrogens (tertiary/aromatic N) is 2. The van der Waals surface area contributed by atoms with Gasteiger partial charge in [-0.25, -0.2) is 8.42 Å². The predicted molar refractivity (Wildman–Crippen MR) is 91.7 cm³/mol. The molecule has 6 nitrogen and oxygen atoms in total. The van der Waals surface area contributed by atoms with E-state index in [9.17, 15) is 13.2 Å². The molecule has 2 aromatic heterocycles. The molecule has 0 aliphatic carbocycles. The smallest absolute Gasteiger partial charge is 0.261 e. The van der Waals surface area contributed by atoms with Gasteiger partial charge in [0, 0.05) is 18.0 Å². The van der Waals surface area contributed by atoms with Gasteiger partial charge < -0.3 is 5.32 Å². The van der Waals surface area contributed by atoms with Gasteiger partial charge in [-0.05, 0) is 25.3 Å². The van der Waals surface area contributed by atoms with Crippen molar-refractivity contribution in [3.63, 3.8) is 0 Å². The Kier molecular flexibility index (Phi) is 4.22. The number of nitrogens with one attached hydrogen (secondary N) is 1. The number of fused-ring (bicyclic) bond motifs is 1. The fourth-order valence-electron chi connectivity index (χ4n) is 2.86. The minimum atomic E-state index is -2.99. The van der Waals surface area contributed by atoms with E-state index >= 15 is 0 Å². The molecule has 0 radical (unpaired) electrons. The molecule has 3 rings (SSSR count). The SMILES string of the molecule is Cc1nn(CC(C)C)c2sc(C(=O)N[C@@H]3CCS(=O)(=O)C3)cc12. The molecule has 1 aliphatic heterocycles. The van der Waals surface area contributed by atoms with Crippen LogP contribution in [-0.4, -0.2) is 41.7 Å². The summed E-state index contributed by atoms with van der Waals surface area (Å²) in [6.45, 7) is 7.01. The van der Waals surface area contributed by atoms with Gasteiger partial charge in [0.2, 0.25) is 0 Å². The summed E-state index contributed by atoms with van der Waals surface area (Å²) in [5.41, 5.74) is 0.916. The molecule has 3 heterocycles. The van der Waals surface area contributed by atoms with Crippen molar-refractivity contribution in [1.82, 2.24) is 15.1 Å². The molecule has 0 aromatic carbocycles. The number of sulfone groups is 1. The Hall–Kier alpha value is -1.41. The first kappa shape index (κ1) is 16.4. The molecule has 1 fully saturated rings. The fourth-order valence-corrected chi connectivity index (χ4v) is 5.61. The highest BCUT2D eigenvalue weighted by Gasteiger charge is 2.29. The van der Waals surface area contributed by atoms with E-state index in [1.54, 1.807) is 0 Å². The van der Waals surface area contributed by atoms with Gasteiger partial charge in [0.25, 0.3) is 5.91 Å². The zero-order valence-corrected chi connectivity index (χ0v) is 15.1. The van der Waals surface area contributed by atoms with Crippen molar-refractivity contribution in [2.75, 3.05) is 11.5 Å². The van der Waals surface area contributed by atoms with E-state index in [-0.39, 0.29) is 23.5 Å². The summed E-state index contributed by atoms with van der Waals surface area (Å²) in [6.07, 6.45) is 0.499. The second-order valence-electron chi connectivity index (χ2n) is 6.56. The summed E-state index contributed by atoms with van der Waals surface area (Å²) >= 11 is 1.42. The van der Waals surface area contributed by atoms with Crippen LogP contribution < -0.4 is 5.32 Å². The monoisotopic (exact) mass is 355 g/mol. The average molecular weight is 355 g/mol. The number of carbonyl (C=O) groups is 1. The van der Waals surface area contributed by atoms with E-state index in [2.05, 4.69) is 24.3 Å². The second-order valence-corrected chi connectivity index (χ2v) is 9.82. The summed E-state index contributed by atoms with van der Waals surface area (Å²) < 4.78 is 24.9. The van der Waals surface area contributed by atoms with Crippen molar-refractivity contribution in [2.45, 2.75) is 39.8 Å². The van der Waals surface area contributed by atoms with E-state index in [1.807, 2.05) is 17.7 Å². The zero-order chi connectivity index (χ0) is 16.8. The normalized spacial score (nSPS) is 20.4. The Morgan fingerprint density at radius 2 is 2.26 bits per heavy atom. The van der Waals surface area contributed by atoms with Crippen LogP contribution in [0.4, 0.5) is 0 Å². The Bertz CT molecular complexity index is 849. The topological polar surface area (TPSA) is 81.1 Å². The molecule has 1 N–H and O–H groups in total. The Morgan fingerprint density at radius 1 is 1.52 bits per heavy atom. The van der Waals surface area contributed by atoms with Crippen LogP contribution in [0.1, 0.15) is 35.6 Å². The molecule has 0 bridgehead atoms. The predicted octanol–water partition coefficient (Wildman–Crippen LogP) is 1.98. The molecule has 1 atom stereocenters. The van der Waals surface area contributed by atoms with Crippen LogP contribution in [0.2, 0.25) is 0 Å². The third-order valence-corrected chi connectivity index (χ3v) is 6.85. The maximum atomic E-state index is 12.4. The standard InChI is InChI=1S/C15H21N3O3S2/c1-9(2)7-18-15-12(10(3)17-18)6-13(22-15)14(19)16-11-4-5-23(20,21)8-11/h6,9,11H,4-5,7-8H2,1-3H3,(H,16,19)/t11-/m1/s1. The summed E-state index contributed by atoms with van der Waals surface area (Å²) in [5.74, 6) is 0.487. The van der Waals surface area contributed by atoms with Crippen LogP contribution in [0.3, 0.4) is 0 Å².